The third-order valence-electron chi connectivity index (χ3n) is 3.56. The molecule has 0 aliphatic rings. The van der Waals surface area contributed by atoms with Crippen LogP contribution >= 0.6 is 11.6 Å². The van der Waals surface area contributed by atoms with Gasteiger partial charge in [-0.3, -0.25) is 0 Å². The van der Waals surface area contributed by atoms with Crippen LogP contribution in [0.15, 0.2) is 24.4 Å². The number of aromatic nitrogens is 2. The van der Waals surface area contributed by atoms with E-state index in [9.17, 15) is 4.39 Å². The van der Waals surface area contributed by atoms with Crippen LogP contribution in [0.2, 0.25) is 5.15 Å². The second kappa shape index (κ2) is 7.45. The molecule has 4 nitrogen and oxygen atoms in total. The van der Waals surface area contributed by atoms with E-state index in [0.717, 1.165) is 6.42 Å². The summed E-state index contributed by atoms with van der Waals surface area (Å²) < 4.78 is 19.9. The summed E-state index contributed by atoms with van der Waals surface area (Å²) in [5.41, 5.74) is 7.32. The molecule has 1 unspecified atom stereocenters. The molecule has 0 saturated carbocycles. The fourth-order valence-electron chi connectivity index (χ4n) is 2.66. The Morgan fingerprint density at radius 3 is 2.67 bits per heavy atom. The van der Waals surface area contributed by atoms with Crippen molar-refractivity contribution in [3.05, 3.63) is 41.1 Å². The molecule has 0 bridgehead atoms. The molecule has 2 heterocycles. The lowest BCUT2D eigenvalue weighted by atomic mass is 9.93. The van der Waals surface area contributed by atoms with Gasteiger partial charge >= 0.3 is 0 Å². The van der Waals surface area contributed by atoms with E-state index in [2.05, 4.69) is 16.9 Å². The zero-order valence-corrected chi connectivity index (χ0v) is 15.2. The molecular formula is C18H23ClFN3O. The number of aryl methyl sites for hydroxylation is 1. The van der Waals surface area contributed by atoms with Gasteiger partial charge in [0.2, 0.25) is 0 Å². The Balaban J connectivity index is 2.11. The average molecular weight is 352 g/mol. The summed E-state index contributed by atoms with van der Waals surface area (Å²) in [5.74, 6) is 0.431. The van der Waals surface area contributed by atoms with Crippen molar-refractivity contribution in [1.82, 2.24) is 9.97 Å². The Hall–Kier alpha value is -1.72. The molecule has 2 aromatic heterocycles. The number of halogens is 2. The third-order valence-corrected chi connectivity index (χ3v) is 3.82. The second-order valence-corrected chi connectivity index (χ2v) is 7.21. The molecule has 0 spiro atoms. The lowest BCUT2D eigenvalue weighted by Gasteiger charge is -2.23. The highest BCUT2D eigenvalue weighted by Gasteiger charge is 2.17. The molecular weight excluding hydrogens is 329 g/mol. The largest absolute Gasteiger partial charge is 0.491 e. The Morgan fingerprint density at radius 1 is 1.33 bits per heavy atom. The molecule has 0 aliphatic heterocycles. The highest BCUT2D eigenvalue weighted by molar-refractivity contribution is 6.29. The van der Waals surface area contributed by atoms with Crippen molar-refractivity contribution in [1.29, 1.82) is 0 Å². The van der Waals surface area contributed by atoms with E-state index >= 15 is 0 Å². The van der Waals surface area contributed by atoms with E-state index in [1.54, 1.807) is 18.2 Å². The van der Waals surface area contributed by atoms with E-state index in [1.807, 2.05) is 20.8 Å². The zero-order chi connectivity index (χ0) is 17.9. The number of nitrogens with two attached hydrogens (primary N) is 1. The molecule has 1 atom stereocenters. The van der Waals surface area contributed by atoms with E-state index < -0.39 is 5.82 Å². The molecule has 0 saturated heterocycles. The number of hydrogen-bond donors (Lipinski definition) is 1. The van der Waals surface area contributed by atoms with Gasteiger partial charge in [0.15, 0.2) is 11.0 Å². The molecule has 0 aromatic carbocycles. The van der Waals surface area contributed by atoms with Gasteiger partial charge in [0.1, 0.15) is 5.75 Å². The minimum Gasteiger partial charge on any atom is -0.491 e. The van der Waals surface area contributed by atoms with Crippen LogP contribution in [0.5, 0.6) is 5.75 Å². The Kier molecular flexibility index (Phi) is 5.78. The Labute approximate surface area is 147 Å². The summed E-state index contributed by atoms with van der Waals surface area (Å²) in [5, 5.41) is -0.162. The van der Waals surface area contributed by atoms with Crippen molar-refractivity contribution >= 4 is 11.6 Å². The van der Waals surface area contributed by atoms with Gasteiger partial charge in [-0.05, 0) is 51.3 Å². The number of pyridine rings is 2. The summed E-state index contributed by atoms with van der Waals surface area (Å²) in [6, 6.07) is 5.06. The highest BCUT2D eigenvalue weighted by atomic mass is 35.5. The van der Waals surface area contributed by atoms with Crippen LogP contribution in [0.1, 0.15) is 32.9 Å². The average Bonchev–Trinajstić information content (AvgIpc) is 2.47. The predicted octanol–water partition coefficient (Wildman–Crippen LogP) is 4.39. The minimum absolute atomic E-state index is 0.162. The second-order valence-electron chi connectivity index (χ2n) is 6.85. The van der Waals surface area contributed by atoms with Crippen LogP contribution in [0.25, 0.3) is 11.3 Å². The molecule has 6 heteroatoms. The monoisotopic (exact) mass is 351 g/mol. The van der Waals surface area contributed by atoms with Crippen molar-refractivity contribution in [2.24, 2.45) is 11.7 Å². The normalized spacial score (nSPS) is 13.0. The third kappa shape index (κ3) is 4.89. The first-order valence-electron chi connectivity index (χ1n) is 7.87. The SMILES string of the molecule is Cc1nc(-c2ccnc(Cl)c2F)ccc1OCC(C)CC(C)(C)N. The number of hydrogen-bond acceptors (Lipinski definition) is 4. The first kappa shape index (κ1) is 18.6. The molecule has 2 rings (SSSR count). The van der Waals surface area contributed by atoms with Crippen molar-refractivity contribution < 1.29 is 9.13 Å². The first-order chi connectivity index (χ1) is 11.2. The minimum atomic E-state index is -0.571. The van der Waals surface area contributed by atoms with Crippen molar-refractivity contribution in [2.75, 3.05) is 6.61 Å². The van der Waals surface area contributed by atoms with Crippen LogP contribution in [0.4, 0.5) is 4.39 Å². The van der Waals surface area contributed by atoms with Crippen LogP contribution in [-0.2, 0) is 0 Å². The molecule has 24 heavy (non-hydrogen) atoms. The topological polar surface area (TPSA) is 61.0 Å². The number of nitrogens with zero attached hydrogens (tertiary/aromatic N) is 2. The lowest BCUT2D eigenvalue weighted by molar-refractivity contribution is 0.227. The van der Waals surface area contributed by atoms with Crippen LogP contribution in [0.3, 0.4) is 0 Å². The standard InChI is InChI=1S/C18H23ClFN3O/c1-11(9-18(3,4)21)10-24-15-6-5-14(23-12(15)2)13-7-8-22-17(19)16(13)20/h5-8,11H,9-10,21H2,1-4H3. The maximum atomic E-state index is 14.1. The quantitative estimate of drug-likeness (QED) is 0.784. The fourth-order valence-corrected chi connectivity index (χ4v) is 2.81. The van der Waals surface area contributed by atoms with Crippen molar-refractivity contribution in [2.45, 2.75) is 39.7 Å². The molecule has 0 aliphatic carbocycles. The predicted molar refractivity (Wildman–Crippen MR) is 94.7 cm³/mol. The summed E-state index contributed by atoms with van der Waals surface area (Å²) in [6.45, 7) is 8.48. The molecule has 0 fully saturated rings. The molecule has 2 N–H and O–H groups in total. The van der Waals surface area contributed by atoms with Gasteiger partial charge < -0.3 is 10.5 Å². The first-order valence-corrected chi connectivity index (χ1v) is 8.25. The van der Waals surface area contributed by atoms with E-state index in [0.29, 0.717) is 35.2 Å². The van der Waals surface area contributed by atoms with E-state index in [-0.39, 0.29) is 10.7 Å². The highest BCUT2D eigenvalue weighted by Crippen LogP contribution is 2.27. The molecule has 0 amide bonds. The van der Waals surface area contributed by atoms with Crippen molar-refractivity contribution in [3.8, 4) is 17.0 Å². The van der Waals surface area contributed by atoms with Gasteiger partial charge in [-0.15, -0.1) is 0 Å². The fraction of sp³-hybridized carbons (Fsp3) is 0.444. The van der Waals surface area contributed by atoms with Gasteiger partial charge in [0.05, 0.1) is 18.0 Å². The zero-order valence-electron chi connectivity index (χ0n) is 14.4. The summed E-state index contributed by atoms with van der Waals surface area (Å²) >= 11 is 5.72. The summed E-state index contributed by atoms with van der Waals surface area (Å²) in [4.78, 5) is 8.13. The Bertz CT molecular complexity index is 716. The van der Waals surface area contributed by atoms with Gasteiger partial charge in [-0.25, -0.2) is 14.4 Å². The van der Waals surface area contributed by atoms with Gasteiger partial charge in [0, 0.05) is 17.3 Å². The van der Waals surface area contributed by atoms with Gasteiger partial charge in [0.25, 0.3) is 0 Å². The number of ether oxygens (including phenoxy) is 1. The smallest absolute Gasteiger partial charge is 0.169 e. The van der Waals surface area contributed by atoms with Crippen molar-refractivity contribution in [3.63, 3.8) is 0 Å². The van der Waals surface area contributed by atoms with Crippen LogP contribution in [-0.4, -0.2) is 22.1 Å². The summed E-state index contributed by atoms with van der Waals surface area (Å²) in [6.07, 6.45) is 2.32. The Morgan fingerprint density at radius 2 is 2.04 bits per heavy atom. The lowest BCUT2D eigenvalue weighted by Crippen LogP contribution is -2.35. The summed E-state index contributed by atoms with van der Waals surface area (Å²) in [7, 11) is 0. The molecule has 0 radical (unpaired) electrons. The van der Waals surface area contributed by atoms with Gasteiger partial charge in [-0.1, -0.05) is 18.5 Å². The molecule has 130 valence electrons. The van der Waals surface area contributed by atoms with Gasteiger partial charge in [-0.2, -0.15) is 0 Å². The van der Waals surface area contributed by atoms with E-state index in [4.69, 9.17) is 22.1 Å². The van der Waals surface area contributed by atoms with Crippen LogP contribution < -0.4 is 10.5 Å². The molecule has 2 aromatic rings. The van der Waals surface area contributed by atoms with Crippen LogP contribution in [0, 0.1) is 18.7 Å². The van der Waals surface area contributed by atoms with E-state index in [1.165, 1.54) is 6.20 Å². The number of rotatable bonds is 6. The maximum Gasteiger partial charge on any atom is 0.169 e. The maximum absolute atomic E-state index is 14.1.